The Morgan fingerprint density at radius 1 is 1.62 bits per heavy atom. The average molecular weight is 223 g/mol. The lowest BCUT2D eigenvalue weighted by molar-refractivity contribution is 0.0963. The Labute approximate surface area is 93.2 Å². The normalized spacial score (nSPS) is 19.8. The molecule has 16 heavy (non-hydrogen) atoms. The number of benzene rings is 1. The summed E-state index contributed by atoms with van der Waals surface area (Å²) in [6, 6.07) is 7.15. The van der Waals surface area contributed by atoms with Crippen LogP contribution in [0.15, 0.2) is 24.3 Å². The Morgan fingerprint density at radius 3 is 3.06 bits per heavy atom. The average Bonchev–Trinajstić information content (AvgIpc) is 2.71. The highest BCUT2D eigenvalue weighted by atomic mass is 16.6. The van der Waals surface area contributed by atoms with E-state index < -0.39 is 12.2 Å². The molecule has 1 aliphatic rings. The number of nitrogens with zero attached hydrogens (tertiary/aromatic N) is 1. The molecule has 0 saturated carbocycles. The van der Waals surface area contributed by atoms with Gasteiger partial charge in [-0.1, -0.05) is 6.07 Å². The highest BCUT2D eigenvalue weighted by molar-refractivity contribution is 5.89. The largest absolute Gasteiger partial charge is 0.497 e. The molecule has 1 fully saturated rings. The highest BCUT2D eigenvalue weighted by Crippen LogP contribution is 2.25. The van der Waals surface area contributed by atoms with Gasteiger partial charge in [0.25, 0.3) is 0 Å². The number of ether oxygens (including phenoxy) is 2. The number of rotatable bonds is 3. The quantitative estimate of drug-likeness (QED) is 0.830. The molecule has 1 amide bonds. The number of methoxy groups -OCH3 is 1. The van der Waals surface area contributed by atoms with E-state index in [9.17, 15) is 4.79 Å². The summed E-state index contributed by atoms with van der Waals surface area (Å²) in [7, 11) is 1.57. The molecule has 1 N–H and O–H groups in total. The van der Waals surface area contributed by atoms with Crippen LogP contribution < -0.4 is 9.64 Å². The van der Waals surface area contributed by atoms with Crippen molar-refractivity contribution >= 4 is 11.8 Å². The van der Waals surface area contributed by atoms with Gasteiger partial charge in [-0.05, 0) is 12.1 Å². The summed E-state index contributed by atoms with van der Waals surface area (Å²) in [5.74, 6) is 0.678. The zero-order chi connectivity index (χ0) is 11.5. The fourth-order valence-corrected chi connectivity index (χ4v) is 1.61. The van der Waals surface area contributed by atoms with Crippen molar-refractivity contribution in [3.63, 3.8) is 0 Å². The smallest absolute Gasteiger partial charge is 0.414 e. The highest BCUT2D eigenvalue weighted by Gasteiger charge is 2.31. The van der Waals surface area contributed by atoms with Gasteiger partial charge in [-0.25, -0.2) is 4.79 Å². The van der Waals surface area contributed by atoms with Crippen molar-refractivity contribution in [3.8, 4) is 5.75 Å². The molecule has 0 aliphatic carbocycles. The van der Waals surface area contributed by atoms with Crippen molar-refractivity contribution in [1.82, 2.24) is 0 Å². The standard InChI is InChI=1S/C11H13NO4/c1-15-9-4-2-3-8(5-9)12-6-10(7-13)16-11(12)14/h2-5,10,13H,6-7H2,1H3. The monoisotopic (exact) mass is 223 g/mol. The van der Waals surface area contributed by atoms with E-state index in [1.54, 1.807) is 31.4 Å². The first kappa shape index (κ1) is 10.8. The van der Waals surface area contributed by atoms with E-state index in [-0.39, 0.29) is 6.61 Å². The van der Waals surface area contributed by atoms with Crippen molar-refractivity contribution in [2.75, 3.05) is 25.2 Å². The van der Waals surface area contributed by atoms with Crippen molar-refractivity contribution in [3.05, 3.63) is 24.3 Å². The van der Waals surface area contributed by atoms with Crippen LogP contribution in [0.1, 0.15) is 0 Å². The Kier molecular flexibility index (Phi) is 2.96. The molecule has 86 valence electrons. The Balaban J connectivity index is 2.20. The maximum absolute atomic E-state index is 11.5. The summed E-state index contributed by atoms with van der Waals surface area (Å²) < 4.78 is 10.0. The van der Waals surface area contributed by atoms with Crippen LogP contribution in [-0.2, 0) is 4.74 Å². The van der Waals surface area contributed by atoms with Gasteiger partial charge in [-0.3, -0.25) is 4.90 Å². The molecule has 0 spiro atoms. The first-order chi connectivity index (χ1) is 7.74. The van der Waals surface area contributed by atoms with Gasteiger partial charge in [0.1, 0.15) is 11.9 Å². The molecular weight excluding hydrogens is 210 g/mol. The maximum Gasteiger partial charge on any atom is 0.414 e. The fraction of sp³-hybridized carbons (Fsp3) is 0.364. The van der Waals surface area contributed by atoms with Gasteiger partial charge in [0.15, 0.2) is 0 Å². The molecule has 1 unspecified atom stereocenters. The van der Waals surface area contributed by atoms with E-state index >= 15 is 0 Å². The number of carbonyl (C=O) groups is 1. The van der Waals surface area contributed by atoms with Crippen LogP contribution >= 0.6 is 0 Å². The zero-order valence-corrected chi connectivity index (χ0v) is 8.92. The van der Waals surface area contributed by atoms with Crippen LogP contribution in [0.4, 0.5) is 10.5 Å². The summed E-state index contributed by atoms with van der Waals surface area (Å²) in [6.45, 7) is 0.203. The van der Waals surface area contributed by atoms with E-state index in [0.717, 1.165) is 0 Å². The molecule has 1 heterocycles. The van der Waals surface area contributed by atoms with Gasteiger partial charge in [-0.2, -0.15) is 0 Å². The fourth-order valence-electron chi connectivity index (χ4n) is 1.61. The number of amides is 1. The number of anilines is 1. The van der Waals surface area contributed by atoms with E-state index in [0.29, 0.717) is 18.0 Å². The van der Waals surface area contributed by atoms with Gasteiger partial charge in [0.2, 0.25) is 0 Å². The Bertz CT molecular complexity index is 393. The lowest BCUT2D eigenvalue weighted by atomic mass is 10.2. The van der Waals surface area contributed by atoms with Crippen LogP contribution in [-0.4, -0.2) is 37.6 Å². The topological polar surface area (TPSA) is 59.0 Å². The minimum atomic E-state index is -0.446. The number of hydrogen-bond donors (Lipinski definition) is 1. The molecule has 1 aromatic rings. The molecule has 0 radical (unpaired) electrons. The van der Waals surface area contributed by atoms with E-state index in [2.05, 4.69) is 0 Å². The van der Waals surface area contributed by atoms with Gasteiger partial charge < -0.3 is 14.6 Å². The summed E-state index contributed by atoms with van der Waals surface area (Å²) in [4.78, 5) is 13.0. The molecule has 1 saturated heterocycles. The van der Waals surface area contributed by atoms with E-state index in [1.165, 1.54) is 4.90 Å². The Morgan fingerprint density at radius 2 is 2.44 bits per heavy atom. The summed E-state index contributed by atoms with van der Waals surface area (Å²) >= 11 is 0. The lowest BCUT2D eigenvalue weighted by Gasteiger charge is -2.13. The minimum absolute atomic E-state index is 0.161. The van der Waals surface area contributed by atoms with E-state index in [1.807, 2.05) is 0 Å². The number of aliphatic hydroxyl groups is 1. The molecule has 0 aromatic heterocycles. The van der Waals surface area contributed by atoms with Gasteiger partial charge in [-0.15, -0.1) is 0 Å². The molecule has 2 rings (SSSR count). The van der Waals surface area contributed by atoms with Gasteiger partial charge >= 0.3 is 6.09 Å². The third kappa shape index (κ3) is 1.94. The third-order valence-corrected chi connectivity index (χ3v) is 2.44. The molecule has 1 aliphatic heterocycles. The first-order valence-electron chi connectivity index (χ1n) is 4.97. The predicted octanol–water partition coefficient (Wildman–Crippen LogP) is 1.01. The molecule has 1 atom stereocenters. The van der Waals surface area contributed by atoms with Crippen molar-refractivity contribution in [2.24, 2.45) is 0 Å². The third-order valence-electron chi connectivity index (χ3n) is 2.44. The molecule has 1 aromatic carbocycles. The number of cyclic esters (lactones) is 1. The van der Waals surface area contributed by atoms with E-state index in [4.69, 9.17) is 14.6 Å². The van der Waals surface area contributed by atoms with Gasteiger partial charge in [0.05, 0.1) is 25.9 Å². The molecule has 5 heteroatoms. The van der Waals surface area contributed by atoms with Crippen LogP contribution in [0.3, 0.4) is 0 Å². The zero-order valence-electron chi connectivity index (χ0n) is 8.92. The minimum Gasteiger partial charge on any atom is -0.497 e. The second kappa shape index (κ2) is 4.40. The summed E-state index contributed by atoms with van der Waals surface area (Å²) in [5, 5.41) is 8.92. The summed E-state index contributed by atoms with van der Waals surface area (Å²) in [6.07, 6.45) is -0.883. The van der Waals surface area contributed by atoms with Crippen molar-refractivity contribution in [2.45, 2.75) is 6.10 Å². The second-order valence-electron chi connectivity index (χ2n) is 3.50. The summed E-state index contributed by atoms with van der Waals surface area (Å²) in [5.41, 5.74) is 0.709. The van der Waals surface area contributed by atoms with Crippen LogP contribution in [0.25, 0.3) is 0 Å². The first-order valence-corrected chi connectivity index (χ1v) is 4.97. The maximum atomic E-state index is 11.5. The molecular formula is C11H13NO4. The molecule has 0 bridgehead atoms. The van der Waals surface area contributed by atoms with Crippen LogP contribution in [0.2, 0.25) is 0 Å². The number of hydrogen-bond acceptors (Lipinski definition) is 4. The lowest BCUT2D eigenvalue weighted by Crippen LogP contribution is -2.25. The van der Waals surface area contributed by atoms with Crippen LogP contribution in [0.5, 0.6) is 5.75 Å². The Hall–Kier alpha value is -1.75. The SMILES string of the molecule is COc1cccc(N2CC(CO)OC2=O)c1. The van der Waals surface area contributed by atoms with Crippen LogP contribution in [0, 0.1) is 0 Å². The number of carbonyl (C=O) groups excluding carboxylic acids is 1. The van der Waals surface area contributed by atoms with Gasteiger partial charge in [0, 0.05) is 6.07 Å². The second-order valence-corrected chi connectivity index (χ2v) is 3.50. The van der Waals surface area contributed by atoms with Crippen molar-refractivity contribution < 1.29 is 19.4 Å². The molecule has 5 nitrogen and oxygen atoms in total. The number of aliphatic hydroxyl groups excluding tert-OH is 1. The van der Waals surface area contributed by atoms with Crippen molar-refractivity contribution in [1.29, 1.82) is 0 Å². The predicted molar refractivity (Wildman–Crippen MR) is 57.7 cm³/mol.